The summed E-state index contributed by atoms with van der Waals surface area (Å²) in [6.45, 7) is 4.50. The molecule has 0 saturated heterocycles. The lowest BCUT2D eigenvalue weighted by atomic mass is 9.99. The topological polar surface area (TPSA) is 68.0 Å². The van der Waals surface area contributed by atoms with Crippen LogP contribution in [-0.2, 0) is 11.3 Å². The third-order valence-corrected chi connectivity index (χ3v) is 3.91. The first-order valence-corrected chi connectivity index (χ1v) is 7.65. The van der Waals surface area contributed by atoms with E-state index >= 15 is 0 Å². The quantitative estimate of drug-likeness (QED) is 0.861. The zero-order valence-corrected chi connectivity index (χ0v) is 13.1. The molecule has 0 aliphatic carbocycles. The molecule has 0 aliphatic rings. The van der Waals surface area contributed by atoms with Crippen molar-refractivity contribution in [3.8, 4) is 11.3 Å². The Morgan fingerprint density at radius 2 is 2.09 bits per heavy atom. The van der Waals surface area contributed by atoms with E-state index in [9.17, 15) is 4.79 Å². The third kappa shape index (κ3) is 4.15. The molecule has 2 rings (SSSR count). The van der Waals surface area contributed by atoms with Crippen LogP contribution in [0.5, 0.6) is 0 Å². The highest BCUT2D eigenvalue weighted by molar-refractivity contribution is 5.81. The van der Waals surface area contributed by atoms with E-state index in [1.165, 1.54) is 0 Å². The van der Waals surface area contributed by atoms with Crippen molar-refractivity contribution in [1.29, 1.82) is 0 Å². The Morgan fingerprint density at radius 1 is 1.27 bits per heavy atom. The number of carbonyl (C=O) groups excluding carboxylic acids is 1. The molecule has 4 heteroatoms. The Morgan fingerprint density at radius 3 is 2.77 bits per heavy atom. The first kappa shape index (κ1) is 16.2. The van der Waals surface area contributed by atoms with Crippen LogP contribution >= 0.6 is 0 Å². The molecule has 2 atom stereocenters. The number of amides is 1. The number of nitrogens with two attached hydrogens (primary N) is 1. The number of pyridine rings is 1. The van der Waals surface area contributed by atoms with E-state index in [2.05, 4.69) is 10.3 Å². The lowest BCUT2D eigenvalue weighted by molar-refractivity contribution is -0.123. The second-order valence-corrected chi connectivity index (χ2v) is 5.54. The van der Waals surface area contributed by atoms with Crippen molar-refractivity contribution < 1.29 is 4.79 Å². The Hall–Kier alpha value is -2.20. The molecule has 1 aromatic heterocycles. The van der Waals surface area contributed by atoms with E-state index in [1.807, 2.05) is 56.3 Å². The van der Waals surface area contributed by atoms with Crippen LogP contribution in [0.2, 0.25) is 0 Å². The summed E-state index contributed by atoms with van der Waals surface area (Å²) >= 11 is 0. The zero-order valence-electron chi connectivity index (χ0n) is 13.1. The van der Waals surface area contributed by atoms with Crippen molar-refractivity contribution in [2.75, 3.05) is 0 Å². The van der Waals surface area contributed by atoms with Gasteiger partial charge in [0.1, 0.15) is 0 Å². The average molecular weight is 297 g/mol. The summed E-state index contributed by atoms with van der Waals surface area (Å²) in [5.41, 5.74) is 8.93. The van der Waals surface area contributed by atoms with Crippen LogP contribution in [0.1, 0.15) is 25.8 Å². The van der Waals surface area contributed by atoms with Gasteiger partial charge in [-0.1, -0.05) is 44.5 Å². The Balaban J connectivity index is 2.01. The molecule has 3 N–H and O–H groups in total. The van der Waals surface area contributed by atoms with E-state index in [0.717, 1.165) is 23.2 Å². The summed E-state index contributed by atoms with van der Waals surface area (Å²) in [4.78, 5) is 16.4. The van der Waals surface area contributed by atoms with Gasteiger partial charge in [-0.3, -0.25) is 9.78 Å². The first-order valence-electron chi connectivity index (χ1n) is 7.65. The minimum absolute atomic E-state index is 0.0995. The van der Waals surface area contributed by atoms with Crippen LogP contribution in [0.3, 0.4) is 0 Å². The lowest BCUT2D eigenvalue weighted by Crippen LogP contribution is -2.44. The van der Waals surface area contributed by atoms with E-state index in [1.54, 1.807) is 6.20 Å². The smallest absolute Gasteiger partial charge is 0.237 e. The highest BCUT2D eigenvalue weighted by Crippen LogP contribution is 2.17. The van der Waals surface area contributed by atoms with Gasteiger partial charge >= 0.3 is 0 Å². The number of hydrogen-bond acceptors (Lipinski definition) is 3. The van der Waals surface area contributed by atoms with Crippen molar-refractivity contribution in [2.24, 2.45) is 11.7 Å². The number of hydrogen-bond donors (Lipinski definition) is 2. The monoisotopic (exact) mass is 297 g/mol. The van der Waals surface area contributed by atoms with Gasteiger partial charge in [0.15, 0.2) is 0 Å². The third-order valence-electron chi connectivity index (χ3n) is 3.91. The molecule has 22 heavy (non-hydrogen) atoms. The molecule has 4 nitrogen and oxygen atoms in total. The van der Waals surface area contributed by atoms with E-state index < -0.39 is 6.04 Å². The number of aromatic nitrogens is 1. The standard InChI is InChI=1S/C18H23N3O/c1-3-13(2)17(19)18(22)21-12-14-7-6-8-15(11-14)16-9-4-5-10-20-16/h4-11,13,17H,3,12,19H2,1-2H3,(H,21,22). The van der Waals surface area contributed by atoms with Crippen LogP contribution < -0.4 is 11.1 Å². The van der Waals surface area contributed by atoms with Gasteiger partial charge in [-0.25, -0.2) is 0 Å². The van der Waals surface area contributed by atoms with Gasteiger partial charge in [-0.05, 0) is 29.7 Å². The summed E-state index contributed by atoms with van der Waals surface area (Å²) in [5, 5.41) is 2.91. The van der Waals surface area contributed by atoms with E-state index in [4.69, 9.17) is 5.73 Å². The minimum atomic E-state index is -0.455. The Kier molecular flexibility index (Phi) is 5.67. The molecule has 1 heterocycles. The summed E-state index contributed by atoms with van der Waals surface area (Å²) in [7, 11) is 0. The molecular weight excluding hydrogens is 274 g/mol. The summed E-state index contributed by atoms with van der Waals surface area (Å²) in [6, 6.07) is 13.4. The molecule has 1 amide bonds. The van der Waals surface area contributed by atoms with Crippen LogP contribution in [0.15, 0.2) is 48.7 Å². The summed E-state index contributed by atoms with van der Waals surface area (Å²) in [6.07, 6.45) is 2.67. The van der Waals surface area contributed by atoms with Crippen LogP contribution in [0, 0.1) is 5.92 Å². The molecule has 2 unspecified atom stereocenters. The highest BCUT2D eigenvalue weighted by Gasteiger charge is 2.18. The first-order chi connectivity index (χ1) is 10.6. The average Bonchev–Trinajstić information content (AvgIpc) is 2.59. The van der Waals surface area contributed by atoms with Crippen molar-refractivity contribution in [1.82, 2.24) is 10.3 Å². The molecule has 0 spiro atoms. The molecule has 0 saturated carbocycles. The van der Waals surface area contributed by atoms with Crippen molar-refractivity contribution in [3.05, 3.63) is 54.2 Å². The van der Waals surface area contributed by atoms with Crippen LogP contribution in [-0.4, -0.2) is 16.9 Å². The fourth-order valence-corrected chi connectivity index (χ4v) is 2.19. The lowest BCUT2D eigenvalue weighted by Gasteiger charge is -2.17. The van der Waals surface area contributed by atoms with Gasteiger partial charge in [0, 0.05) is 18.3 Å². The maximum absolute atomic E-state index is 12.0. The zero-order chi connectivity index (χ0) is 15.9. The number of benzene rings is 1. The molecule has 116 valence electrons. The number of carbonyl (C=O) groups is 1. The minimum Gasteiger partial charge on any atom is -0.351 e. The molecule has 2 aromatic rings. The fraction of sp³-hybridized carbons (Fsp3) is 0.333. The number of nitrogens with one attached hydrogen (secondary N) is 1. The molecular formula is C18H23N3O. The van der Waals surface area contributed by atoms with Gasteiger partial charge in [-0.15, -0.1) is 0 Å². The van der Waals surface area contributed by atoms with Crippen LogP contribution in [0.25, 0.3) is 11.3 Å². The van der Waals surface area contributed by atoms with Gasteiger partial charge in [0.25, 0.3) is 0 Å². The number of rotatable bonds is 6. The van der Waals surface area contributed by atoms with Crippen LogP contribution in [0.4, 0.5) is 0 Å². The Bertz CT molecular complexity index is 613. The normalized spacial score (nSPS) is 13.4. The van der Waals surface area contributed by atoms with E-state index in [0.29, 0.717) is 6.54 Å². The molecule has 1 aromatic carbocycles. The molecule has 0 bridgehead atoms. The van der Waals surface area contributed by atoms with E-state index in [-0.39, 0.29) is 11.8 Å². The predicted molar refractivity (Wildman–Crippen MR) is 89.0 cm³/mol. The fourth-order valence-electron chi connectivity index (χ4n) is 2.19. The van der Waals surface area contributed by atoms with Gasteiger partial charge in [-0.2, -0.15) is 0 Å². The maximum Gasteiger partial charge on any atom is 0.237 e. The Labute approximate surface area is 131 Å². The van der Waals surface area contributed by atoms with Gasteiger partial charge < -0.3 is 11.1 Å². The van der Waals surface area contributed by atoms with Gasteiger partial charge in [0.2, 0.25) is 5.91 Å². The molecule has 0 radical (unpaired) electrons. The second-order valence-electron chi connectivity index (χ2n) is 5.54. The number of nitrogens with zero attached hydrogens (tertiary/aromatic N) is 1. The van der Waals surface area contributed by atoms with Gasteiger partial charge in [0.05, 0.1) is 11.7 Å². The summed E-state index contributed by atoms with van der Waals surface area (Å²) in [5.74, 6) is 0.0810. The second kappa shape index (κ2) is 7.71. The molecule has 0 aliphatic heterocycles. The SMILES string of the molecule is CCC(C)C(N)C(=O)NCc1cccc(-c2ccccn2)c1. The van der Waals surface area contributed by atoms with Crippen molar-refractivity contribution in [2.45, 2.75) is 32.9 Å². The van der Waals surface area contributed by atoms with Crippen molar-refractivity contribution in [3.63, 3.8) is 0 Å². The maximum atomic E-state index is 12.0. The summed E-state index contributed by atoms with van der Waals surface area (Å²) < 4.78 is 0. The van der Waals surface area contributed by atoms with Crippen molar-refractivity contribution >= 4 is 5.91 Å². The predicted octanol–water partition coefficient (Wildman–Crippen LogP) is 2.74. The largest absolute Gasteiger partial charge is 0.351 e. The molecule has 0 fully saturated rings. The highest BCUT2D eigenvalue weighted by atomic mass is 16.2.